The maximum Gasteiger partial charge on any atom is 0.315 e. The zero-order chi connectivity index (χ0) is 12.4. The number of nitrogens with one attached hydrogen (secondary N) is 2. The molecule has 0 bridgehead atoms. The molecule has 0 aromatic rings. The Bertz CT molecular complexity index is 253. The standard InChI is InChI=1S/C10H18N2O4/c1-3-5-16-10(15)6-9(14)12-7-11-8(13)4-2/h3-7H2,1-2H3,(H,11,13)(H,12,14). The highest BCUT2D eigenvalue weighted by Gasteiger charge is 2.09. The van der Waals surface area contributed by atoms with Crippen LogP contribution in [0.5, 0.6) is 0 Å². The van der Waals surface area contributed by atoms with Gasteiger partial charge in [0.1, 0.15) is 6.42 Å². The number of carbonyl (C=O) groups excluding carboxylic acids is 3. The van der Waals surface area contributed by atoms with Crippen LogP contribution >= 0.6 is 0 Å². The normalized spacial score (nSPS) is 9.38. The first-order valence-corrected chi connectivity index (χ1v) is 5.29. The summed E-state index contributed by atoms with van der Waals surface area (Å²) in [7, 11) is 0. The monoisotopic (exact) mass is 230 g/mol. The second-order valence-electron chi connectivity index (χ2n) is 3.13. The van der Waals surface area contributed by atoms with Gasteiger partial charge in [0.05, 0.1) is 13.3 Å². The van der Waals surface area contributed by atoms with Gasteiger partial charge in [-0.2, -0.15) is 0 Å². The molecule has 2 amide bonds. The predicted molar refractivity (Wildman–Crippen MR) is 57.3 cm³/mol. The van der Waals surface area contributed by atoms with Crippen molar-refractivity contribution < 1.29 is 19.1 Å². The highest BCUT2D eigenvalue weighted by Crippen LogP contribution is 1.88. The largest absolute Gasteiger partial charge is 0.465 e. The van der Waals surface area contributed by atoms with E-state index in [0.29, 0.717) is 13.0 Å². The Morgan fingerprint density at radius 3 is 2.25 bits per heavy atom. The van der Waals surface area contributed by atoms with Crippen LogP contribution in [-0.4, -0.2) is 31.1 Å². The lowest BCUT2D eigenvalue weighted by molar-refractivity contribution is -0.146. The fourth-order valence-corrected chi connectivity index (χ4v) is 0.827. The predicted octanol–water partition coefficient (Wildman–Crippen LogP) is -0.0704. The average molecular weight is 230 g/mol. The smallest absolute Gasteiger partial charge is 0.315 e. The van der Waals surface area contributed by atoms with Crippen molar-refractivity contribution in [2.45, 2.75) is 33.1 Å². The van der Waals surface area contributed by atoms with Crippen LogP contribution in [0, 0.1) is 0 Å². The van der Waals surface area contributed by atoms with Gasteiger partial charge in [0.25, 0.3) is 0 Å². The summed E-state index contributed by atoms with van der Waals surface area (Å²) < 4.78 is 4.72. The van der Waals surface area contributed by atoms with Crippen molar-refractivity contribution in [3.05, 3.63) is 0 Å². The molecule has 0 spiro atoms. The van der Waals surface area contributed by atoms with Crippen LogP contribution in [0.1, 0.15) is 33.1 Å². The summed E-state index contributed by atoms with van der Waals surface area (Å²) in [5, 5.41) is 4.84. The van der Waals surface area contributed by atoms with E-state index in [9.17, 15) is 14.4 Å². The molecule has 92 valence electrons. The number of rotatable bonds is 7. The number of carbonyl (C=O) groups is 3. The molecule has 0 aromatic heterocycles. The van der Waals surface area contributed by atoms with E-state index in [1.54, 1.807) is 6.92 Å². The van der Waals surface area contributed by atoms with Gasteiger partial charge in [-0.1, -0.05) is 13.8 Å². The summed E-state index contributed by atoms with van der Waals surface area (Å²) >= 11 is 0. The van der Waals surface area contributed by atoms with Crippen molar-refractivity contribution in [2.24, 2.45) is 0 Å². The summed E-state index contributed by atoms with van der Waals surface area (Å²) in [6.45, 7) is 3.93. The van der Waals surface area contributed by atoms with Crippen LogP contribution in [0.4, 0.5) is 0 Å². The van der Waals surface area contributed by atoms with Crippen molar-refractivity contribution in [3.63, 3.8) is 0 Å². The van der Waals surface area contributed by atoms with Gasteiger partial charge in [-0.05, 0) is 6.42 Å². The van der Waals surface area contributed by atoms with E-state index in [1.807, 2.05) is 6.92 Å². The highest BCUT2D eigenvalue weighted by molar-refractivity contribution is 5.94. The second-order valence-corrected chi connectivity index (χ2v) is 3.13. The molecule has 0 aliphatic rings. The number of hydrogen-bond donors (Lipinski definition) is 2. The van der Waals surface area contributed by atoms with Crippen molar-refractivity contribution in [3.8, 4) is 0 Å². The summed E-state index contributed by atoms with van der Waals surface area (Å²) in [5.74, 6) is -1.17. The molecular weight excluding hydrogens is 212 g/mol. The Kier molecular flexibility index (Phi) is 7.83. The minimum absolute atomic E-state index is 0.0343. The third-order valence-corrected chi connectivity index (χ3v) is 1.66. The van der Waals surface area contributed by atoms with Gasteiger partial charge in [0.15, 0.2) is 0 Å². The number of esters is 1. The lowest BCUT2D eigenvalue weighted by Crippen LogP contribution is -2.37. The summed E-state index contributed by atoms with van der Waals surface area (Å²) in [4.78, 5) is 32.9. The van der Waals surface area contributed by atoms with Crippen LogP contribution in [0.3, 0.4) is 0 Å². The number of ether oxygens (including phenoxy) is 1. The van der Waals surface area contributed by atoms with Gasteiger partial charge >= 0.3 is 5.97 Å². The molecule has 0 fully saturated rings. The van der Waals surface area contributed by atoms with Gasteiger partial charge in [-0.3, -0.25) is 14.4 Å². The molecule has 0 aliphatic heterocycles. The maximum atomic E-state index is 11.1. The molecular formula is C10H18N2O4. The summed E-state index contributed by atoms with van der Waals surface area (Å²) in [6.07, 6.45) is 0.760. The van der Waals surface area contributed by atoms with Crippen molar-refractivity contribution in [1.82, 2.24) is 10.6 Å². The van der Waals surface area contributed by atoms with Crippen LogP contribution in [0.2, 0.25) is 0 Å². The molecule has 0 saturated heterocycles. The molecule has 2 N–H and O–H groups in total. The first-order chi connectivity index (χ1) is 7.60. The average Bonchev–Trinajstić information content (AvgIpc) is 2.25. The Balaban J connectivity index is 3.58. The van der Waals surface area contributed by atoms with Crippen molar-refractivity contribution in [2.75, 3.05) is 13.3 Å². The van der Waals surface area contributed by atoms with Gasteiger partial charge in [0.2, 0.25) is 11.8 Å². The van der Waals surface area contributed by atoms with E-state index in [0.717, 1.165) is 6.42 Å². The van der Waals surface area contributed by atoms with Crippen molar-refractivity contribution >= 4 is 17.8 Å². The first-order valence-electron chi connectivity index (χ1n) is 5.29. The number of amides is 2. The molecule has 0 atom stereocenters. The SMILES string of the molecule is CCCOC(=O)CC(=O)NCNC(=O)CC. The van der Waals surface area contributed by atoms with Gasteiger partial charge < -0.3 is 15.4 Å². The Labute approximate surface area is 94.7 Å². The summed E-state index contributed by atoms with van der Waals surface area (Å²) in [6, 6.07) is 0. The third kappa shape index (κ3) is 7.78. The summed E-state index contributed by atoms with van der Waals surface area (Å²) in [5.41, 5.74) is 0. The molecule has 0 aromatic carbocycles. The van der Waals surface area contributed by atoms with Crippen LogP contribution in [0.25, 0.3) is 0 Å². The van der Waals surface area contributed by atoms with Gasteiger partial charge in [-0.25, -0.2) is 0 Å². The molecule has 0 rings (SSSR count). The molecule has 0 aliphatic carbocycles. The third-order valence-electron chi connectivity index (χ3n) is 1.66. The molecule has 16 heavy (non-hydrogen) atoms. The van der Waals surface area contributed by atoms with E-state index in [1.165, 1.54) is 0 Å². The molecule has 0 radical (unpaired) electrons. The topological polar surface area (TPSA) is 84.5 Å². The Morgan fingerprint density at radius 1 is 1.06 bits per heavy atom. The van der Waals surface area contributed by atoms with E-state index < -0.39 is 11.9 Å². The molecule has 0 saturated carbocycles. The van der Waals surface area contributed by atoms with Crippen LogP contribution in [0.15, 0.2) is 0 Å². The number of hydrogen-bond acceptors (Lipinski definition) is 4. The fraction of sp³-hybridized carbons (Fsp3) is 0.700. The zero-order valence-electron chi connectivity index (χ0n) is 9.67. The highest BCUT2D eigenvalue weighted by atomic mass is 16.5. The lowest BCUT2D eigenvalue weighted by atomic mass is 10.4. The second kappa shape index (κ2) is 8.70. The van der Waals surface area contributed by atoms with E-state index in [-0.39, 0.29) is 19.0 Å². The van der Waals surface area contributed by atoms with Gasteiger partial charge in [-0.15, -0.1) is 0 Å². The quantitative estimate of drug-likeness (QED) is 0.364. The van der Waals surface area contributed by atoms with Gasteiger partial charge in [0, 0.05) is 6.42 Å². The Hall–Kier alpha value is -1.59. The van der Waals surface area contributed by atoms with Crippen LogP contribution < -0.4 is 10.6 Å². The Morgan fingerprint density at radius 2 is 1.69 bits per heavy atom. The first kappa shape index (κ1) is 14.4. The van der Waals surface area contributed by atoms with E-state index >= 15 is 0 Å². The minimum atomic E-state index is -0.554. The minimum Gasteiger partial charge on any atom is -0.465 e. The molecule has 6 heteroatoms. The van der Waals surface area contributed by atoms with Crippen LogP contribution in [-0.2, 0) is 19.1 Å². The molecule has 0 unspecified atom stereocenters. The van der Waals surface area contributed by atoms with Crippen molar-refractivity contribution in [1.29, 1.82) is 0 Å². The molecule has 6 nitrogen and oxygen atoms in total. The maximum absolute atomic E-state index is 11.1. The van der Waals surface area contributed by atoms with E-state index in [2.05, 4.69) is 10.6 Å². The fourth-order valence-electron chi connectivity index (χ4n) is 0.827. The molecule has 0 heterocycles. The lowest BCUT2D eigenvalue weighted by Gasteiger charge is -2.06. The van der Waals surface area contributed by atoms with E-state index in [4.69, 9.17) is 4.74 Å². The zero-order valence-corrected chi connectivity index (χ0v) is 9.67.